The van der Waals surface area contributed by atoms with Crippen molar-refractivity contribution in [3.8, 4) is 5.75 Å². The molecule has 3 aromatic rings. The lowest BCUT2D eigenvalue weighted by Crippen LogP contribution is -2.21. The summed E-state index contributed by atoms with van der Waals surface area (Å²) in [6.07, 6.45) is 6.16. The second kappa shape index (κ2) is 8.61. The van der Waals surface area contributed by atoms with Crippen molar-refractivity contribution in [3.63, 3.8) is 0 Å². The van der Waals surface area contributed by atoms with Crippen LogP contribution in [0.5, 0.6) is 5.75 Å². The Labute approximate surface area is 184 Å². The summed E-state index contributed by atoms with van der Waals surface area (Å²) < 4.78 is 31.1. The molecule has 1 saturated carbocycles. The Hall–Kier alpha value is -2.81. The van der Waals surface area contributed by atoms with E-state index in [0.29, 0.717) is 29.5 Å². The number of alkyl halides is 2. The summed E-state index contributed by atoms with van der Waals surface area (Å²) in [5.74, 6) is 1.31. The first-order valence-electron chi connectivity index (χ1n) is 11.2. The summed E-state index contributed by atoms with van der Waals surface area (Å²) in [6.45, 7) is 1.68. The van der Waals surface area contributed by atoms with Crippen LogP contribution in [-0.4, -0.2) is 44.3 Å². The number of hydrogen-bond donors (Lipinski definition) is 1. The van der Waals surface area contributed by atoms with Gasteiger partial charge in [-0.3, -0.25) is 9.69 Å². The van der Waals surface area contributed by atoms with Crippen LogP contribution in [-0.2, 0) is 6.54 Å². The lowest BCUT2D eigenvalue weighted by atomic mass is 9.97. The minimum Gasteiger partial charge on any atom is -0.435 e. The molecule has 0 radical (unpaired) electrons. The van der Waals surface area contributed by atoms with Gasteiger partial charge in [0.1, 0.15) is 17.0 Å². The first-order valence-corrected chi connectivity index (χ1v) is 11.2. The van der Waals surface area contributed by atoms with E-state index in [-0.39, 0.29) is 17.2 Å². The molecule has 1 aliphatic carbocycles. The van der Waals surface area contributed by atoms with E-state index in [2.05, 4.69) is 26.6 Å². The highest BCUT2D eigenvalue weighted by atomic mass is 19.3. The first kappa shape index (κ1) is 21.1. The van der Waals surface area contributed by atoms with Gasteiger partial charge in [-0.15, -0.1) is 0 Å². The van der Waals surface area contributed by atoms with Gasteiger partial charge in [0, 0.05) is 25.6 Å². The molecule has 0 spiro atoms. The molecule has 1 N–H and O–H groups in total. The molecule has 7 nitrogen and oxygen atoms in total. The third-order valence-electron chi connectivity index (χ3n) is 6.75. The molecule has 1 saturated heterocycles. The zero-order valence-corrected chi connectivity index (χ0v) is 18.0. The van der Waals surface area contributed by atoms with Crippen LogP contribution < -0.4 is 10.3 Å². The van der Waals surface area contributed by atoms with Crippen molar-refractivity contribution in [2.45, 2.75) is 57.7 Å². The van der Waals surface area contributed by atoms with Gasteiger partial charge in [-0.05, 0) is 36.5 Å². The molecule has 1 unspecified atom stereocenters. The lowest BCUT2D eigenvalue weighted by Gasteiger charge is -2.16. The van der Waals surface area contributed by atoms with Crippen LogP contribution in [0, 0.1) is 5.92 Å². The Kier molecular flexibility index (Phi) is 5.67. The molecule has 1 aliphatic heterocycles. The molecule has 1 aromatic carbocycles. The SMILES string of the molecule is C[C@@H]1CN(Cc2ccc(OC(F)F)cc2)CC1c1nc2c(cnn2C2CCCC2)c(=O)[nH]1. The van der Waals surface area contributed by atoms with E-state index < -0.39 is 6.61 Å². The van der Waals surface area contributed by atoms with Gasteiger partial charge in [0.25, 0.3) is 5.56 Å². The van der Waals surface area contributed by atoms with Gasteiger partial charge in [0.15, 0.2) is 5.65 Å². The molecule has 0 bridgehead atoms. The Morgan fingerprint density at radius 2 is 1.94 bits per heavy atom. The number of ether oxygens (including phenoxy) is 1. The number of nitrogens with zero attached hydrogens (tertiary/aromatic N) is 4. The molecule has 170 valence electrons. The summed E-state index contributed by atoms with van der Waals surface area (Å²) in [7, 11) is 0. The zero-order valence-electron chi connectivity index (χ0n) is 18.0. The van der Waals surface area contributed by atoms with Crippen LogP contribution in [0.2, 0.25) is 0 Å². The molecule has 9 heteroatoms. The molecule has 32 heavy (non-hydrogen) atoms. The maximum absolute atomic E-state index is 12.7. The lowest BCUT2D eigenvalue weighted by molar-refractivity contribution is -0.0498. The van der Waals surface area contributed by atoms with Crippen molar-refractivity contribution < 1.29 is 13.5 Å². The second-order valence-corrected chi connectivity index (χ2v) is 9.02. The van der Waals surface area contributed by atoms with Gasteiger partial charge in [0.05, 0.1) is 12.2 Å². The van der Waals surface area contributed by atoms with Crippen molar-refractivity contribution in [1.82, 2.24) is 24.6 Å². The highest BCUT2D eigenvalue weighted by Gasteiger charge is 2.33. The second-order valence-electron chi connectivity index (χ2n) is 9.02. The van der Waals surface area contributed by atoms with Gasteiger partial charge in [-0.2, -0.15) is 13.9 Å². The Morgan fingerprint density at radius 3 is 2.66 bits per heavy atom. The van der Waals surface area contributed by atoms with Crippen LogP contribution in [0.1, 0.15) is 56.0 Å². The zero-order chi connectivity index (χ0) is 22.2. The van der Waals surface area contributed by atoms with Gasteiger partial charge in [-0.25, -0.2) is 9.67 Å². The van der Waals surface area contributed by atoms with E-state index >= 15 is 0 Å². The van der Waals surface area contributed by atoms with Crippen LogP contribution >= 0.6 is 0 Å². The summed E-state index contributed by atoms with van der Waals surface area (Å²) in [5.41, 5.74) is 1.58. The molecular formula is C23H27F2N5O2. The quantitative estimate of drug-likeness (QED) is 0.622. The normalized spacial score (nSPS) is 22.4. The number of H-pyrrole nitrogens is 1. The van der Waals surface area contributed by atoms with Crippen molar-refractivity contribution >= 4 is 11.0 Å². The third kappa shape index (κ3) is 4.13. The maximum atomic E-state index is 12.7. The molecule has 3 heterocycles. The fourth-order valence-corrected chi connectivity index (χ4v) is 5.13. The fraction of sp³-hybridized carbons (Fsp3) is 0.522. The minimum atomic E-state index is -2.82. The van der Waals surface area contributed by atoms with Crippen molar-refractivity contribution in [1.29, 1.82) is 0 Å². The summed E-state index contributed by atoms with van der Waals surface area (Å²) in [4.78, 5) is 22.9. The number of benzene rings is 1. The van der Waals surface area contributed by atoms with Crippen LogP contribution in [0.4, 0.5) is 8.78 Å². The van der Waals surface area contributed by atoms with Gasteiger partial charge in [0.2, 0.25) is 0 Å². The van der Waals surface area contributed by atoms with E-state index in [1.165, 1.54) is 12.8 Å². The first-order chi connectivity index (χ1) is 15.5. The number of aromatic nitrogens is 4. The summed E-state index contributed by atoms with van der Waals surface area (Å²) in [5, 5.41) is 5.04. The highest BCUT2D eigenvalue weighted by Crippen LogP contribution is 2.33. The van der Waals surface area contributed by atoms with Crippen LogP contribution in [0.15, 0.2) is 35.3 Å². The average molecular weight is 443 g/mol. The minimum absolute atomic E-state index is 0.112. The molecule has 2 fully saturated rings. The smallest absolute Gasteiger partial charge is 0.387 e. The van der Waals surface area contributed by atoms with E-state index in [1.807, 2.05) is 16.8 Å². The monoisotopic (exact) mass is 443 g/mol. The van der Waals surface area contributed by atoms with Crippen molar-refractivity contribution in [3.05, 3.63) is 52.2 Å². The number of nitrogens with one attached hydrogen (secondary N) is 1. The molecule has 2 atom stereocenters. The highest BCUT2D eigenvalue weighted by molar-refractivity contribution is 5.73. The Bertz CT molecular complexity index is 1140. The largest absolute Gasteiger partial charge is 0.435 e. The summed E-state index contributed by atoms with van der Waals surface area (Å²) >= 11 is 0. The Morgan fingerprint density at radius 1 is 1.19 bits per heavy atom. The van der Waals surface area contributed by atoms with E-state index in [0.717, 1.165) is 37.3 Å². The number of fused-ring (bicyclic) bond motifs is 1. The average Bonchev–Trinajstić information content (AvgIpc) is 3.48. The van der Waals surface area contributed by atoms with Gasteiger partial charge < -0.3 is 9.72 Å². The van der Waals surface area contributed by atoms with Crippen molar-refractivity contribution in [2.24, 2.45) is 5.92 Å². The summed E-state index contributed by atoms with van der Waals surface area (Å²) in [6, 6.07) is 7.07. The number of halogens is 2. The topological polar surface area (TPSA) is 76.0 Å². The molecular weight excluding hydrogens is 416 g/mol. The van der Waals surface area contributed by atoms with Crippen LogP contribution in [0.3, 0.4) is 0 Å². The predicted octanol–water partition coefficient (Wildman–Crippen LogP) is 4.07. The van der Waals surface area contributed by atoms with Gasteiger partial charge in [-0.1, -0.05) is 31.9 Å². The predicted molar refractivity (Wildman–Crippen MR) is 116 cm³/mol. The molecule has 2 aliphatic rings. The molecule has 5 rings (SSSR count). The number of hydrogen-bond acceptors (Lipinski definition) is 5. The van der Waals surface area contributed by atoms with E-state index in [9.17, 15) is 13.6 Å². The van der Waals surface area contributed by atoms with Crippen molar-refractivity contribution in [2.75, 3.05) is 13.1 Å². The van der Waals surface area contributed by atoms with E-state index in [1.54, 1.807) is 18.3 Å². The Balaban J connectivity index is 1.34. The third-order valence-corrected chi connectivity index (χ3v) is 6.75. The van der Waals surface area contributed by atoms with Crippen LogP contribution in [0.25, 0.3) is 11.0 Å². The molecule has 0 amide bonds. The fourth-order valence-electron chi connectivity index (χ4n) is 5.13. The number of aromatic amines is 1. The number of rotatable bonds is 6. The molecule has 2 aromatic heterocycles. The standard InChI is InChI=1S/C23H27F2N5O2/c1-14-11-29(12-15-6-8-17(9-7-15)32-23(24)25)13-19(14)20-27-21-18(22(31)28-20)10-26-30(21)16-4-2-3-5-16/h6-10,14,16,19,23H,2-5,11-13H2,1H3,(H,27,28,31)/t14-,19?/m1/s1. The number of likely N-dealkylation sites (tertiary alicyclic amines) is 1. The van der Waals surface area contributed by atoms with E-state index in [4.69, 9.17) is 4.98 Å². The van der Waals surface area contributed by atoms with Gasteiger partial charge >= 0.3 is 6.61 Å². The maximum Gasteiger partial charge on any atom is 0.387 e.